The standard InChI is InChI=1S/C17H34N4/c1-5-7-9-11-13-15-17(3,14-12-10-8-6-2)16-18-20-21(4)19-16/h5-15H2,1-4H3. The maximum atomic E-state index is 4.49. The summed E-state index contributed by atoms with van der Waals surface area (Å²) in [5, 5.41) is 12.8. The van der Waals surface area contributed by atoms with Crippen LogP contribution in [0.3, 0.4) is 0 Å². The first-order valence-electron chi connectivity index (χ1n) is 8.87. The smallest absolute Gasteiger partial charge is 0.167 e. The van der Waals surface area contributed by atoms with Crippen molar-refractivity contribution in [3.05, 3.63) is 5.82 Å². The first-order chi connectivity index (χ1) is 10.1. The molecule has 0 aliphatic carbocycles. The van der Waals surface area contributed by atoms with Gasteiger partial charge in [0.15, 0.2) is 5.82 Å². The van der Waals surface area contributed by atoms with Crippen LogP contribution in [0.2, 0.25) is 0 Å². The summed E-state index contributed by atoms with van der Waals surface area (Å²) in [6.07, 6.45) is 14.2. The molecule has 0 saturated carbocycles. The van der Waals surface area contributed by atoms with Crippen LogP contribution in [0, 0.1) is 0 Å². The predicted molar refractivity (Wildman–Crippen MR) is 88.3 cm³/mol. The van der Waals surface area contributed by atoms with Crippen molar-refractivity contribution in [2.24, 2.45) is 7.05 Å². The molecule has 1 heterocycles. The Morgan fingerprint density at radius 3 is 1.86 bits per heavy atom. The molecule has 0 N–H and O–H groups in total. The topological polar surface area (TPSA) is 43.6 Å². The molecular weight excluding hydrogens is 260 g/mol. The summed E-state index contributed by atoms with van der Waals surface area (Å²) < 4.78 is 0. The zero-order chi connectivity index (χ0) is 15.6. The van der Waals surface area contributed by atoms with E-state index in [1.165, 1.54) is 70.6 Å². The Kier molecular flexibility index (Phi) is 8.55. The number of rotatable bonds is 12. The van der Waals surface area contributed by atoms with Gasteiger partial charge < -0.3 is 0 Å². The summed E-state index contributed by atoms with van der Waals surface area (Å²) in [5.41, 5.74) is 0.105. The second kappa shape index (κ2) is 9.91. The third-order valence-electron chi connectivity index (χ3n) is 4.46. The van der Waals surface area contributed by atoms with Crippen LogP contribution in [0.15, 0.2) is 0 Å². The van der Waals surface area contributed by atoms with Crippen molar-refractivity contribution >= 4 is 0 Å². The second-order valence-corrected chi connectivity index (χ2v) is 6.64. The third-order valence-corrected chi connectivity index (χ3v) is 4.46. The van der Waals surface area contributed by atoms with Gasteiger partial charge in [0, 0.05) is 5.41 Å². The highest BCUT2D eigenvalue weighted by atomic mass is 15.6. The normalized spacial score (nSPS) is 14.3. The minimum atomic E-state index is 0.105. The van der Waals surface area contributed by atoms with E-state index in [1.807, 2.05) is 7.05 Å². The highest BCUT2D eigenvalue weighted by Gasteiger charge is 2.30. The molecule has 1 aromatic rings. The number of aromatic nitrogens is 4. The molecule has 0 bridgehead atoms. The highest BCUT2D eigenvalue weighted by molar-refractivity contribution is 5.02. The van der Waals surface area contributed by atoms with Crippen LogP contribution < -0.4 is 0 Å². The van der Waals surface area contributed by atoms with Gasteiger partial charge in [-0.1, -0.05) is 78.6 Å². The van der Waals surface area contributed by atoms with Crippen molar-refractivity contribution in [1.29, 1.82) is 0 Å². The van der Waals surface area contributed by atoms with Gasteiger partial charge in [0.25, 0.3) is 0 Å². The maximum Gasteiger partial charge on any atom is 0.180 e. The van der Waals surface area contributed by atoms with Crippen molar-refractivity contribution in [1.82, 2.24) is 20.2 Å². The van der Waals surface area contributed by atoms with E-state index in [1.54, 1.807) is 4.80 Å². The van der Waals surface area contributed by atoms with Crippen LogP contribution in [0.25, 0.3) is 0 Å². The molecule has 122 valence electrons. The van der Waals surface area contributed by atoms with E-state index in [-0.39, 0.29) is 5.41 Å². The molecule has 0 aliphatic heterocycles. The molecule has 1 unspecified atom stereocenters. The molecule has 1 rings (SSSR count). The Morgan fingerprint density at radius 2 is 1.38 bits per heavy atom. The summed E-state index contributed by atoms with van der Waals surface area (Å²) in [6.45, 7) is 6.86. The zero-order valence-electron chi connectivity index (χ0n) is 14.6. The van der Waals surface area contributed by atoms with Gasteiger partial charge in [-0.3, -0.25) is 0 Å². The lowest BCUT2D eigenvalue weighted by atomic mass is 9.79. The quantitative estimate of drug-likeness (QED) is 0.520. The Hall–Kier alpha value is -0.930. The summed E-state index contributed by atoms with van der Waals surface area (Å²) in [7, 11) is 1.86. The molecule has 0 aliphatic rings. The molecule has 1 atom stereocenters. The maximum absolute atomic E-state index is 4.49. The Balaban J connectivity index is 2.52. The van der Waals surface area contributed by atoms with Crippen LogP contribution in [0.5, 0.6) is 0 Å². The van der Waals surface area contributed by atoms with Crippen molar-refractivity contribution in [2.75, 3.05) is 0 Å². The van der Waals surface area contributed by atoms with Crippen molar-refractivity contribution < 1.29 is 0 Å². The number of unbranched alkanes of at least 4 members (excludes halogenated alkanes) is 7. The zero-order valence-corrected chi connectivity index (χ0v) is 14.6. The summed E-state index contributed by atoms with van der Waals surface area (Å²) in [4.78, 5) is 1.59. The molecule has 1 aromatic heterocycles. The van der Waals surface area contributed by atoms with E-state index < -0.39 is 0 Å². The molecule has 4 heteroatoms. The molecule has 0 spiro atoms. The van der Waals surface area contributed by atoms with Gasteiger partial charge >= 0.3 is 0 Å². The van der Waals surface area contributed by atoms with E-state index >= 15 is 0 Å². The van der Waals surface area contributed by atoms with Gasteiger partial charge in [-0.2, -0.15) is 4.80 Å². The van der Waals surface area contributed by atoms with Gasteiger partial charge in [-0.15, -0.1) is 10.2 Å². The predicted octanol–water partition coefficient (Wildman–Crippen LogP) is 4.80. The fourth-order valence-corrected chi connectivity index (χ4v) is 2.93. The van der Waals surface area contributed by atoms with Crippen molar-refractivity contribution in [3.8, 4) is 0 Å². The fourth-order valence-electron chi connectivity index (χ4n) is 2.93. The third kappa shape index (κ3) is 6.58. The molecule has 4 nitrogen and oxygen atoms in total. The van der Waals surface area contributed by atoms with Crippen LogP contribution in [-0.4, -0.2) is 20.2 Å². The monoisotopic (exact) mass is 294 g/mol. The molecule has 0 aromatic carbocycles. The summed E-state index contributed by atoms with van der Waals surface area (Å²) in [6, 6.07) is 0. The number of hydrogen-bond acceptors (Lipinski definition) is 3. The fraction of sp³-hybridized carbons (Fsp3) is 0.941. The minimum absolute atomic E-state index is 0.105. The number of tetrazole rings is 1. The lowest BCUT2D eigenvalue weighted by Gasteiger charge is -2.26. The number of hydrogen-bond donors (Lipinski definition) is 0. The van der Waals surface area contributed by atoms with Gasteiger partial charge in [0.1, 0.15) is 0 Å². The molecule has 0 amide bonds. The van der Waals surface area contributed by atoms with Gasteiger partial charge in [-0.05, 0) is 18.1 Å². The first kappa shape index (κ1) is 18.1. The lowest BCUT2D eigenvalue weighted by Crippen LogP contribution is -2.24. The molecule has 0 fully saturated rings. The number of nitrogens with zero attached hydrogens (tertiary/aromatic N) is 4. The number of aryl methyl sites for hydroxylation is 1. The largest absolute Gasteiger partial charge is 0.180 e. The van der Waals surface area contributed by atoms with Gasteiger partial charge in [-0.25, -0.2) is 0 Å². The lowest BCUT2D eigenvalue weighted by molar-refractivity contribution is 0.344. The van der Waals surface area contributed by atoms with Gasteiger partial charge in [0.2, 0.25) is 0 Å². The SMILES string of the molecule is CCCCCCCC(C)(CCCCCC)c1nnn(C)n1. The van der Waals surface area contributed by atoms with E-state index in [9.17, 15) is 0 Å². The van der Waals surface area contributed by atoms with Crippen LogP contribution in [0.4, 0.5) is 0 Å². The van der Waals surface area contributed by atoms with E-state index in [4.69, 9.17) is 0 Å². The first-order valence-corrected chi connectivity index (χ1v) is 8.87. The molecule has 21 heavy (non-hydrogen) atoms. The highest BCUT2D eigenvalue weighted by Crippen LogP contribution is 2.33. The average Bonchev–Trinajstić information content (AvgIpc) is 2.91. The second-order valence-electron chi connectivity index (χ2n) is 6.64. The van der Waals surface area contributed by atoms with Crippen LogP contribution in [0.1, 0.15) is 97.2 Å². The Morgan fingerprint density at radius 1 is 0.857 bits per heavy atom. The van der Waals surface area contributed by atoms with Gasteiger partial charge in [0.05, 0.1) is 7.05 Å². The summed E-state index contributed by atoms with van der Waals surface area (Å²) in [5.74, 6) is 0.942. The Labute approximate surface area is 130 Å². The Bertz CT molecular complexity index is 375. The van der Waals surface area contributed by atoms with Crippen LogP contribution in [-0.2, 0) is 12.5 Å². The minimum Gasteiger partial charge on any atom is -0.167 e. The molecular formula is C17H34N4. The van der Waals surface area contributed by atoms with E-state index in [0.717, 1.165) is 5.82 Å². The molecule has 0 radical (unpaired) electrons. The van der Waals surface area contributed by atoms with E-state index in [2.05, 4.69) is 36.2 Å². The average molecular weight is 294 g/mol. The van der Waals surface area contributed by atoms with Crippen LogP contribution >= 0.6 is 0 Å². The van der Waals surface area contributed by atoms with Crippen molar-refractivity contribution in [3.63, 3.8) is 0 Å². The molecule has 0 saturated heterocycles. The summed E-state index contributed by atoms with van der Waals surface area (Å²) >= 11 is 0. The van der Waals surface area contributed by atoms with E-state index in [0.29, 0.717) is 0 Å². The van der Waals surface area contributed by atoms with Crippen molar-refractivity contribution in [2.45, 2.75) is 96.8 Å².